The summed E-state index contributed by atoms with van der Waals surface area (Å²) in [5.74, 6) is -2.68. The van der Waals surface area contributed by atoms with Crippen molar-refractivity contribution in [3.05, 3.63) is 71.8 Å². The molecule has 1 spiro atoms. The second-order valence-corrected chi connectivity index (χ2v) is 13.7. The van der Waals surface area contributed by atoms with Crippen LogP contribution >= 0.6 is 11.3 Å². The Kier molecular flexibility index (Phi) is 7.88. The van der Waals surface area contributed by atoms with Gasteiger partial charge in [-0.1, -0.05) is 44.2 Å². The predicted molar refractivity (Wildman–Crippen MR) is 164 cm³/mol. The number of alkyl halides is 3. The highest BCUT2D eigenvalue weighted by Crippen LogP contribution is 2.55. The van der Waals surface area contributed by atoms with Crippen LogP contribution in [0.5, 0.6) is 11.5 Å². The fourth-order valence-corrected chi connectivity index (χ4v) is 7.13. The van der Waals surface area contributed by atoms with Crippen LogP contribution < -0.4 is 15.0 Å². The maximum atomic E-state index is 15.7. The van der Waals surface area contributed by atoms with Gasteiger partial charge in [-0.25, -0.2) is 8.78 Å². The number of aromatic nitrogens is 2. The predicted octanol–water partition coefficient (Wildman–Crippen LogP) is 8.36. The molecule has 2 N–H and O–H groups in total. The van der Waals surface area contributed by atoms with Crippen LogP contribution in [0.25, 0.3) is 10.6 Å². The highest BCUT2D eigenvalue weighted by Gasteiger charge is 2.49. The zero-order valence-corrected chi connectivity index (χ0v) is 25.7. The van der Waals surface area contributed by atoms with Crippen LogP contribution in [-0.2, 0) is 5.41 Å². The maximum absolute atomic E-state index is 15.7. The molecule has 0 radical (unpaired) electrons. The van der Waals surface area contributed by atoms with Gasteiger partial charge in [0, 0.05) is 35.7 Å². The minimum absolute atomic E-state index is 0.0971. The van der Waals surface area contributed by atoms with Crippen LogP contribution in [0.4, 0.5) is 44.1 Å². The van der Waals surface area contributed by atoms with E-state index in [1.807, 2.05) is 29.2 Å². The second-order valence-electron chi connectivity index (χ2n) is 12.7. The zero-order chi connectivity index (χ0) is 32.1. The number of nitrogens with one attached hydrogen (secondary N) is 1. The number of ether oxygens (including phenoxy) is 1. The number of piperidine rings is 1. The van der Waals surface area contributed by atoms with Gasteiger partial charge in [0.05, 0.1) is 17.1 Å². The molecule has 0 unspecified atom stereocenters. The number of likely N-dealkylation sites (tertiary alicyclic amines) is 1. The smallest absolute Gasteiger partial charge is 0.506 e. The van der Waals surface area contributed by atoms with Gasteiger partial charge in [0.15, 0.2) is 11.6 Å². The highest BCUT2D eigenvalue weighted by atomic mass is 32.1. The van der Waals surface area contributed by atoms with E-state index in [9.17, 15) is 22.7 Å². The average Bonchev–Trinajstić information content (AvgIpc) is 3.56. The van der Waals surface area contributed by atoms with Gasteiger partial charge in [0.1, 0.15) is 16.5 Å². The Balaban J connectivity index is 1.29. The molecule has 1 saturated heterocycles. The first-order valence-corrected chi connectivity index (χ1v) is 15.3. The van der Waals surface area contributed by atoms with Gasteiger partial charge in [-0.2, -0.15) is 0 Å². The number of benzene rings is 3. The summed E-state index contributed by atoms with van der Waals surface area (Å²) in [6.07, 6.45) is -3.58. The second kappa shape index (κ2) is 11.4. The van der Waals surface area contributed by atoms with E-state index in [2.05, 4.69) is 45.9 Å². The number of fused-ring (bicyclic) bond motifs is 2. The number of phenols is 1. The van der Waals surface area contributed by atoms with Crippen molar-refractivity contribution in [1.82, 2.24) is 15.1 Å². The normalized spacial score (nSPS) is 16.7. The van der Waals surface area contributed by atoms with Crippen LogP contribution in [0.2, 0.25) is 0 Å². The first kappa shape index (κ1) is 31.0. The molecule has 2 aliphatic heterocycles. The molecule has 1 aromatic heterocycles. The number of nitrogens with zero attached hydrogens (tertiary/aromatic N) is 4. The number of hydrogen-bond acceptors (Lipinski definition) is 8. The molecule has 0 atom stereocenters. The molecule has 6 rings (SSSR count). The van der Waals surface area contributed by atoms with Gasteiger partial charge in [-0.05, 0) is 67.7 Å². The number of phenolic OH excluding ortho intramolecular Hbond substituents is 1. The molecule has 13 heteroatoms. The Bertz CT molecular complexity index is 1700. The quantitative estimate of drug-likeness (QED) is 0.204. The fourth-order valence-electron chi connectivity index (χ4n) is 6.36. The summed E-state index contributed by atoms with van der Waals surface area (Å²) < 4.78 is 71.9. The number of aromatic hydroxyl groups is 1. The standard InChI is InChI=1S/C32H32F5N5O2S/c1-30(2,3)17-41-14-12-31(13-15-41)18-42(27-24(43)16-21(33)26(34)25(27)31)23-7-5-4-6-22(23)38-29-40-39-28(45-29)19-8-10-20(11-9-19)44-32(35,36)37/h4-11,16,43H,12-15,17-18H2,1-3H3,(H,38,40). The summed E-state index contributed by atoms with van der Waals surface area (Å²) >= 11 is 1.19. The molecule has 0 amide bonds. The van der Waals surface area contributed by atoms with Gasteiger partial charge in [-0.15, -0.1) is 23.4 Å². The molecule has 2 aliphatic rings. The molecule has 238 valence electrons. The lowest BCUT2D eigenvalue weighted by Gasteiger charge is -2.42. The number of halogens is 5. The van der Waals surface area contributed by atoms with Crippen molar-refractivity contribution in [3.8, 4) is 22.1 Å². The van der Waals surface area contributed by atoms with Gasteiger partial charge in [0.25, 0.3) is 0 Å². The van der Waals surface area contributed by atoms with E-state index < -0.39 is 23.4 Å². The molecular weight excluding hydrogens is 613 g/mol. The summed E-state index contributed by atoms with van der Waals surface area (Å²) in [6, 6.07) is 13.4. The molecule has 45 heavy (non-hydrogen) atoms. The van der Waals surface area contributed by atoms with Gasteiger partial charge < -0.3 is 25.0 Å². The lowest BCUT2D eigenvalue weighted by atomic mass is 9.73. The van der Waals surface area contributed by atoms with E-state index in [0.29, 0.717) is 46.5 Å². The van der Waals surface area contributed by atoms with Crippen LogP contribution in [-0.4, -0.2) is 52.7 Å². The van der Waals surface area contributed by atoms with E-state index in [0.717, 1.165) is 25.7 Å². The first-order chi connectivity index (χ1) is 21.2. The minimum atomic E-state index is -4.79. The molecule has 0 aliphatic carbocycles. The van der Waals surface area contributed by atoms with Crippen LogP contribution in [0.15, 0.2) is 54.6 Å². The summed E-state index contributed by atoms with van der Waals surface area (Å²) in [5.41, 5.74) is 1.66. The van der Waals surface area contributed by atoms with Gasteiger partial charge in [0.2, 0.25) is 5.13 Å². The summed E-state index contributed by atoms with van der Waals surface area (Å²) in [4.78, 5) is 4.19. The van der Waals surface area contributed by atoms with Crippen molar-refractivity contribution in [3.63, 3.8) is 0 Å². The van der Waals surface area contributed by atoms with E-state index >= 15 is 4.39 Å². The fraction of sp³-hybridized carbons (Fsp3) is 0.375. The number of rotatable bonds is 6. The largest absolute Gasteiger partial charge is 0.573 e. The van der Waals surface area contributed by atoms with Crippen molar-refractivity contribution in [1.29, 1.82) is 0 Å². The van der Waals surface area contributed by atoms with Gasteiger partial charge in [-0.3, -0.25) is 0 Å². The lowest BCUT2D eigenvalue weighted by Crippen LogP contribution is -2.47. The number of para-hydroxylation sites is 2. The molecule has 0 saturated carbocycles. The van der Waals surface area contributed by atoms with Gasteiger partial charge >= 0.3 is 6.36 Å². The third-order valence-corrected chi connectivity index (χ3v) is 9.03. The van der Waals surface area contributed by atoms with E-state index in [1.165, 1.54) is 35.6 Å². The summed E-state index contributed by atoms with van der Waals surface area (Å²) in [6.45, 7) is 9.20. The topological polar surface area (TPSA) is 73.8 Å². The first-order valence-electron chi connectivity index (χ1n) is 14.5. The Hall–Kier alpha value is -3.97. The van der Waals surface area contributed by atoms with Crippen molar-refractivity contribution >= 4 is 33.5 Å². The van der Waals surface area contributed by atoms with Crippen LogP contribution in [0, 0.1) is 17.0 Å². The average molecular weight is 646 g/mol. The van der Waals surface area contributed by atoms with E-state index in [1.54, 1.807) is 0 Å². The molecule has 3 aromatic carbocycles. The third kappa shape index (κ3) is 6.41. The van der Waals surface area contributed by atoms with Crippen molar-refractivity contribution in [2.24, 2.45) is 5.41 Å². The monoisotopic (exact) mass is 645 g/mol. The Labute approximate surface area is 261 Å². The summed E-state index contributed by atoms with van der Waals surface area (Å²) in [5, 5.41) is 23.5. The minimum Gasteiger partial charge on any atom is -0.506 e. The molecule has 3 heterocycles. The summed E-state index contributed by atoms with van der Waals surface area (Å²) in [7, 11) is 0. The van der Waals surface area contributed by atoms with Crippen molar-refractivity contribution < 1.29 is 31.8 Å². The Morgan fingerprint density at radius 3 is 2.36 bits per heavy atom. The van der Waals surface area contributed by atoms with Crippen molar-refractivity contribution in [2.75, 3.05) is 36.4 Å². The molecule has 0 bridgehead atoms. The van der Waals surface area contributed by atoms with Crippen molar-refractivity contribution in [2.45, 2.75) is 45.4 Å². The Morgan fingerprint density at radius 2 is 1.69 bits per heavy atom. The van der Waals surface area contributed by atoms with E-state index in [4.69, 9.17) is 0 Å². The molecule has 7 nitrogen and oxygen atoms in total. The maximum Gasteiger partial charge on any atom is 0.573 e. The highest BCUT2D eigenvalue weighted by molar-refractivity contribution is 7.18. The molecule has 4 aromatic rings. The molecule has 1 fully saturated rings. The molecular formula is C32H32F5N5O2S. The zero-order valence-electron chi connectivity index (χ0n) is 24.9. The van der Waals surface area contributed by atoms with Crippen LogP contribution in [0.3, 0.4) is 0 Å². The number of hydrogen-bond donors (Lipinski definition) is 2. The lowest BCUT2D eigenvalue weighted by molar-refractivity contribution is -0.274. The third-order valence-electron chi connectivity index (χ3n) is 8.14. The Morgan fingerprint density at radius 1 is 1.00 bits per heavy atom. The van der Waals surface area contributed by atoms with Crippen LogP contribution in [0.1, 0.15) is 39.2 Å². The number of anilines is 4. The SMILES string of the molecule is CC(C)(C)CN1CCC2(CC1)CN(c1ccccc1Nc1nnc(-c3ccc(OC(F)(F)F)cc3)s1)c1c(O)cc(F)c(F)c12. The van der Waals surface area contributed by atoms with E-state index in [-0.39, 0.29) is 28.2 Å².